The van der Waals surface area contributed by atoms with Crippen LogP contribution in [-0.2, 0) is 4.79 Å². The van der Waals surface area contributed by atoms with Crippen molar-refractivity contribution in [3.63, 3.8) is 0 Å². The molecular formula is C18H17BrN2O2S. The van der Waals surface area contributed by atoms with Crippen molar-refractivity contribution < 1.29 is 9.21 Å². The van der Waals surface area contributed by atoms with Crippen LogP contribution in [0.4, 0.5) is 5.13 Å². The summed E-state index contributed by atoms with van der Waals surface area (Å²) in [7, 11) is 0. The van der Waals surface area contributed by atoms with E-state index in [1.807, 2.05) is 24.3 Å². The Hall–Kier alpha value is -1.92. The topological polar surface area (TPSA) is 46.3 Å². The van der Waals surface area contributed by atoms with E-state index in [1.165, 1.54) is 17.4 Å². The van der Waals surface area contributed by atoms with Gasteiger partial charge in [0.05, 0.1) is 10.2 Å². The lowest BCUT2D eigenvalue weighted by molar-refractivity contribution is -0.114. The summed E-state index contributed by atoms with van der Waals surface area (Å²) >= 11 is 4.78. The SMILES string of the molecule is CC(C)CN(C(=O)/C=C/c1ccc(Br)o1)c1nc2ccccc2s1. The van der Waals surface area contributed by atoms with E-state index in [1.54, 1.807) is 23.1 Å². The van der Waals surface area contributed by atoms with Gasteiger partial charge in [0.25, 0.3) is 5.91 Å². The lowest BCUT2D eigenvalue weighted by atomic mass is 10.2. The van der Waals surface area contributed by atoms with Crippen molar-refractivity contribution in [1.82, 2.24) is 4.98 Å². The summed E-state index contributed by atoms with van der Waals surface area (Å²) in [5.74, 6) is 0.867. The Morgan fingerprint density at radius 2 is 2.12 bits per heavy atom. The quantitative estimate of drug-likeness (QED) is 0.538. The molecule has 0 atom stereocenters. The molecule has 0 saturated carbocycles. The van der Waals surface area contributed by atoms with Crippen LogP contribution in [-0.4, -0.2) is 17.4 Å². The predicted molar refractivity (Wildman–Crippen MR) is 102 cm³/mol. The Balaban J connectivity index is 1.87. The molecule has 0 unspecified atom stereocenters. The molecule has 0 aliphatic carbocycles. The van der Waals surface area contributed by atoms with Crippen LogP contribution in [0.1, 0.15) is 19.6 Å². The van der Waals surface area contributed by atoms with Gasteiger partial charge in [0.2, 0.25) is 0 Å². The van der Waals surface area contributed by atoms with E-state index in [0.717, 1.165) is 15.3 Å². The molecule has 3 aromatic rings. The lowest BCUT2D eigenvalue weighted by Gasteiger charge is -2.20. The molecule has 3 rings (SSSR count). The number of benzene rings is 1. The van der Waals surface area contributed by atoms with Crippen LogP contribution in [0.2, 0.25) is 0 Å². The Kier molecular flexibility index (Phi) is 5.16. The highest BCUT2D eigenvalue weighted by Gasteiger charge is 2.19. The van der Waals surface area contributed by atoms with Crippen LogP contribution in [0.3, 0.4) is 0 Å². The first-order chi connectivity index (χ1) is 11.5. The maximum atomic E-state index is 12.7. The van der Waals surface area contributed by atoms with Crippen LogP contribution < -0.4 is 4.90 Å². The number of rotatable bonds is 5. The highest BCUT2D eigenvalue weighted by molar-refractivity contribution is 9.10. The lowest BCUT2D eigenvalue weighted by Crippen LogP contribution is -2.32. The molecule has 6 heteroatoms. The van der Waals surface area contributed by atoms with Gasteiger partial charge < -0.3 is 4.42 Å². The number of fused-ring (bicyclic) bond motifs is 1. The summed E-state index contributed by atoms with van der Waals surface area (Å²) < 4.78 is 7.11. The molecule has 2 aromatic heterocycles. The van der Waals surface area contributed by atoms with Crippen molar-refractivity contribution >= 4 is 54.6 Å². The van der Waals surface area contributed by atoms with Gasteiger partial charge >= 0.3 is 0 Å². The second kappa shape index (κ2) is 7.32. The number of carbonyl (C=O) groups is 1. The third-order valence-electron chi connectivity index (χ3n) is 3.31. The summed E-state index contributed by atoms with van der Waals surface area (Å²) in [6.07, 6.45) is 3.20. The average Bonchev–Trinajstić information content (AvgIpc) is 3.15. The molecule has 2 heterocycles. The van der Waals surface area contributed by atoms with Crippen molar-refractivity contribution in [2.45, 2.75) is 13.8 Å². The summed E-state index contributed by atoms with van der Waals surface area (Å²) in [4.78, 5) is 19.0. The smallest absolute Gasteiger partial charge is 0.252 e. The number of thiazole rings is 1. The van der Waals surface area contributed by atoms with Crippen molar-refractivity contribution in [2.75, 3.05) is 11.4 Å². The van der Waals surface area contributed by atoms with Crippen molar-refractivity contribution in [3.8, 4) is 0 Å². The first kappa shape index (κ1) is 16.9. The zero-order valence-corrected chi connectivity index (χ0v) is 15.8. The largest absolute Gasteiger partial charge is 0.450 e. The van der Waals surface area contributed by atoms with Crippen molar-refractivity contribution in [3.05, 3.63) is 52.9 Å². The van der Waals surface area contributed by atoms with Crippen LogP contribution in [0.25, 0.3) is 16.3 Å². The minimum atomic E-state index is -0.102. The fraction of sp³-hybridized carbons (Fsp3) is 0.222. The number of hydrogen-bond acceptors (Lipinski definition) is 4. The fourth-order valence-corrected chi connectivity index (χ4v) is 3.56. The van der Waals surface area contributed by atoms with Gasteiger partial charge in [0.15, 0.2) is 9.80 Å². The predicted octanol–water partition coefficient (Wildman–Crippen LogP) is 5.35. The molecule has 124 valence electrons. The second-order valence-corrected chi connectivity index (χ2v) is 7.57. The minimum Gasteiger partial charge on any atom is -0.450 e. The molecule has 24 heavy (non-hydrogen) atoms. The minimum absolute atomic E-state index is 0.102. The van der Waals surface area contributed by atoms with Gasteiger partial charge in [-0.2, -0.15) is 0 Å². The van der Waals surface area contributed by atoms with E-state index in [2.05, 4.69) is 34.8 Å². The maximum Gasteiger partial charge on any atom is 0.252 e. The molecule has 0 aliphatic heterocycles. The van der Waals surface area contributed by atoms with E-state index >= 15 is 0 Å². The monoisotopic (exact) mass is 404 g/mol. The van der Waals surface area contributed by atoms with Gasteiger partial charge in [-0.1, -0.05) is 37.3 Å². The van der Waals surface area contributed by atoms with E-state index < -0.39 is 0 Å². The fourth-order valence-electron chi connectivity index (χ4n) is 2.26. The van der Waals surface area contributed by atoms with Gasteiger partial charge in [-0.05, 0) is 52.2 Å². The molecular weight excluding hydrogens is 388 g/mol. The Bertz CT molecular complexity index is 849. The Morgan fingerprint density at radius 1 is 1.33 bits per heavy atom. The number of carbonyl (C=O) groups excluding carboxylic acids is 1. The molecule has 0 spiro atoms. The van der Waals surface area contributed by atoms with Gasteiger partial charge in [0, 0.05) is 12.6 Å². The standard InChI is InChI=1S/C18H17BrN2O2S/c1-12(2)11-21(17(22)10-8-13-7-9-16(19)23-13)18-20-14-5-3-4-6-15(14)24-18/h3-10,12H,11H2,1-2H3/b10-8+. The van der Waals surface area contributed by atoms with Gasteiger partial charge in [-0.3, -0.25) is 9.69 Å². The number of nitrogens with zero attached hydrogens (tertiary/aromatic N) is 2. The molecule has 1 amide bonds. The molecule has 0 bridgehead atoms. The third-order valence-corrected chi connectivity index (χ3v) is 4.80. The molecule has 0 fully saturated rings. The van der Waals surface area contributed by atoms with Crippen LogP contribution >= 0.6 is 27.3 Å². The van der Waals surface area contributed by atoms with Crippen molar-refractivity contribution in [2.24, 2.45) is 5.92 Å². The summed E-state index contributed by atoms with van der Waals surface area (Å²) in [6.45, 7) is 4.78. The molecule has 0 N–H and O–H groups in total. The number of furan rings is 1. The van der Waals surface area contributed by atoms with Crippen LogP contribution in [0.5, 0.6) is 0 Å². The first-order valence-electron chi connectivity index (χ1n) is 7.63. The number of aromatic nitrogens is 1. The Morgan fingerprint density at radius 3 is 2.79 bits per heavy atom. The number of para-hydroxylation sites is 1. The molecule has 1 aromatic carbocycles. The van der Waals surface area contributed by atoms with E-state index in [-0.39, 0.29) is 5.91 Å². The van der Waals surface area contributed by atoms with Gasteiger partial charge in [-0.15, -0.1) is 0 Å². The van der Waals surface area contributed by atoms with Gasteiger partial charge in [-0.25, -0.2) is 4.98 Å². The van der Waals surface area contributed by atoms with E-state index in [9.17, 15) is 4.79 Å². The van der Waals surface area contributed by atoms with Crippen LogP contribution in [0, 0.1) is 5.92 Å². The highest BCUT2D eigenvalue weighted by Crippen LogP contribution is 2.29. The molecule has 4 nitrogen and oxygen atoms in total. The first-order valence-corrected chi connectivity index (χ1v) is 9.24. The number of halogens is 1. The number of hydrogen-bond donors (Lipinski definition) is 0. The summed E-state index contributed by atoms with van der Waals surface area (Å²) in [5.41, 5.74) is 0.915. The van der Waals surface area contributed by atoms with Crippen LogP contribution in [0.15, 0.2) is 51.6 Å². The molecule has 0 saturated heterocycles. The zero-order valence-electron chi connectivity index (χ0n) is 13.4. The number of anilines is 1. The zero-order chi connectivity index (χ0) is 17.1. The summed E-state index contributed by atoms with van der Waals surface area (Å²) in [5, 5.41) is 0.722. The molecule has 0 aliphatic rings. The van der Waals surface area contributed by atoms with E-state index in [4.69, 9.17) is 4.42 Å². The second-order valence-electron chi connectivity index (χ2n) is 5.78. The summed E-state index contributed by atoms with van der Waals surface area (Å²) in [6, 6.07) is 11.5. The van der Waals surface area contributed by atoms with Crippen molar-refractivity contribution in [1.29, 1.82) is 0 Å². The number of amides is 1. The van der Waals surface area contributed by atoms with Gasteiger partial charge in [0.1, 0.15) is 5.76 Å². The van der Waals surface area contributed by atoms with E-state index in [0.29, 0.717) is 22.9 Å². The highest BCUT2D eigenvalue weighted by atomic mass is 79.9. The normalized spacial score (nSPS) is 11.7. The molecule has 0 radical (unpaired) electrons. The maximum absolute atomic E-state index is 12.7. The average molecular weight is 405 g/mol. The third kappa shape index (κ3) is 3.94. The Labute approximate surface area is 152 Å².